The van der Waals surface area contributed by atoms with E-state index in [2.05, 4.69) is 40.6 Å². The number of rotatable bonds is 4. The van der Waals surface area contributed by atoms with Crippen LogP contribution in [-0.4, -0.2) is 28.9 Å². The molecule has 1 atom stereocenters. The first-order valence-electron chi connectivity index (χ1n) is 7.87. The van der Waals surface area contributed by atoms with Gasteiger partial charge in [0.25, 0.3) is 0 Å². The van der Waals surface area contributed by atoms with E-state index >= 15 is 0 Å². The van der Waals surface area contributed by atoms with Crippen LogP contribution in [0.15, 0.2) is 36.7 Å². The number of halogens is 1. The second-order valence-corrected chi connectivity index (χ2v) is 6.46. The van der Waals surface area contributed by atoms with E-state index in [1.54, 1.807) is 0 Å². The van der Waals surface area contributed by atoms with Gasteiger partial charge in [0.2, 0.25) is 0 Å². The van der Waals surface area contributed by atoms with Crippen molar-refractivity contribution in [1.29, 1.82) is 0 Å². The van der Waals surface area contributed by atoms with Gasteiger partial charge in [0.05, 0.1) is 16.9 Å². The van der Waals surface area contributed by atoms with Crippen molar-refractivity contribution in [1.82, 2.24) is 15.1 Å². The lowest BCUT2D eigenvalue weighted by Gasteiger charge is -2.35. The molecule has 118 valence electrons. The van der Waals surface area contributed by atoms with Crippen molar-refractivity contribution >= 4 is 17.3 Å². The average molecular weight is 319 g/mol. The van der Waals surface area contributed by atoms with E-state index in [0.29, 0.717) is 12.1 Å². The fourth-order valence-corrected chi connectivity index (χ4v) is 3.36. The minimum Gasteiger partial charge on any atom is -0.370 e. The van der Waals surface area contributed by atoms with E-state index in [4.69, 9.17) is 11.6 Å². The maximum atomic E-state index is 6.29. The van der Waals surface area contributed by atoms with Crippen molar-refractivity contribution in [2.45, 2.75) is 31.8 Å². The number of nitrogens with zero attached hydrogens (tertiary/aromatic N) is 3. The van der Waals surface area contributed by atoms with Gasteiger partial charge in [-0.05, 0) is 31.9 Å². The highest BCUT2D eigenvalue weighted by Gasteiger charge is 2.22. The van der Waals surface area contributed by atoms with E-state index < -0.39 is 0 Å². The Bertz CT molecular complexity index is 617. The van der Waals surface area contributed by atoms with Gasteiger partial charge in [-0.1, -0.05) is 23.7 Å². The van der Waals surface area contributed by atoms with Gasteiger partial charge in [-0.25, -0.2) is 0 Å². The summed E-state index contributed by atoms with van der Waals surface area (Å²) in [6, 6.07) is 8.99. The Hall–Kier alpha value is -1.52. The summed E-state index contributed by atoms with van der Waals surface area (Å²) in [7, 11) is 1.96. The van der Waals surface area contributed by atoms with Gasteiger partial charge in [-0.15, -0.1) is 0 Å². The van der Waals surface area contributed by atoms with Crippen LogP contribution in [0.1, 0.15) is 31.4 Å². The number of nitrogens with one attached hydrogen (secondary N) is 1. The zero-order valence-electron chi connectivity index (χ0n) is 13.2. The van der Waals surface area contributed by atoms with Crippen molar-refractivity contribution in [3.05, 3.63) is 47.2 Å². The number of anilines is 1. The van der Waals surface area contributed by atoms with Crippen LogP contribution in [0.25, 0.3) is 0 Å². The lowest BCUT2D eigenvalue weighted by Crippen LogP contribution is -2.43. The van der Waals surface area contributed by atoms with Gasteiger partial charge in [0.1, 0.15) is 0 Å². The molecule has 4 nitrogen and oxygen atoms in total. The third-order valence-electron chi connectivity index (χ3n) is 4.40. The highest BCUT2D eigenvalue weighted by molar-refractivity contribution is 6.33. The lowest BCUT2D eigenvalue weighted by atomic mass is 10.0. The fourth-order valence-electron chi connectivity index (χ4n) is 3.11. The van der Waals surface area contributed by atoms with E-state index in [9.17, 15) is 0 Å². The molecule has 5 heteroatoms. The molecule has 1 aliphatic rings. The first kappa shape index (κ1) is 15.4. The summed E-state index contributed by atoms with van der Waals surface area (Å²) >= 11 is 6.29. The quantitative estimate of drug-likeness (QED) is 0.938. The molecular weight excluding hydrogens is 296 g/mol. The summed E-state index contributed by atoms with van der Waals surface area (Å²) in [4.78, 5) is 2.38. The Balaban J connectivity index is 1.55. The van der Waals surface area contributed by atoms with Gasteiger partial charge >= 0.3 is 0 Å². The van der Waals surface area contributed by atoms with E-state index in [-0.39, 0.29) is 0 Å². The summed E-state index contributed by atoms with van der Waals surface area (Å²) in [5.41, 5.74) is 2.40. The van der Waals surface area contributed by atoms with Crippen LogP contribution in [0.3, 0.4) is 0 Å². The van der Waals surface area contributed by atoms with Crippen molar-refractivity contribution in [3.63, 3.8) is 0 Å². The van der Waals surface area contributed by atoms with Crippen LogP contribution < -0.4 is 10.2 Å². The smallest absolute Gasteiger partial charge is 0.0639 e. The van der Waals surface area contributed by atoms with Gasteiger partial charge in [-0.2, -0.15) is 5.10 Å². The molecule has 1 aliphatic heterocycles. The van der Waals surface area contributed by atoms with Crippen LogP contribution in [0.5, 0.6) is 0 Å². The molecule has 2 heterocycles. The van der Waals surface area contributed by atoms with Gasteiger partial charge in [0.15, 0.2) is 0 Å². The maximum Gasteiger partial charge on any atom is 0.0639 e. The zero-order chi connectivity index (χ0) is 15.5. The summed E-state index contributed by atoms with van der Waals surface area (Å²) in [5.74, 6) is 0. The Labute approximate surface area is 137 Å². The minimum atomic E-state index is 0.338. The van der Waals surface area contributed by atoms with Gasteiger partial charge in [-0.3, -0.25) is 4.68 Å². The first-order valence-corrected chi connectivity index (χ1v) is 8.25. The minimum absolute atomic E-state index is 0.338. The van der Waals surface area contributed by atoms with Crippen molar-refractivity contribution in [2.75, 3.05) is 18.0 Å². The van der Waals surface area contributed by atoms with Gasteiger partial charge in [0, 0.05) is 44.0 Å². The summed E-state index contributed by atoms with van der Waals surface area (Å²) in [5, 5.41) is 8.81. The molecule has 0 bridgehead atoms. The summed E-state index contributed by atoms with van der Waals surface area (Å²) in [6.07, 6.45) is 6.29. The van der Waals surface area contributed by atoms with Crippen LogP contribution in [0.4, 0.5) is 5.69 Å². The number of benzene rings is 1. The highest BCUT2D eigenvalue weighted by atomic mass is 35.5. The summed E-state index contributed by atoms with van der Waals surface area (Å²) in [6.45, 7) is 4.29. The topological polar surface area (TPSA) is 33.1 Å². The van der Waals surface area contributed by atoms with E-state index in [0.717, 1.165) is 36.6 Å². The largest absolute Gasteiger partial charge is 0.370 e. The molecule has 0 saturated carbocycles. The zero-order valence-corrected chi connectivity index (χ0v) is 13.9. The predicted molar refractivity (Wildman–Crippen MR) is 91.4 cm³/mol. The highest BCUT2D eigenvalue weighted by Crippen LogP contribution is 2.28. The first-order chi connectivity index (χ1) is 10.6. The molecule has 0 aliphatic carbocycles. The molecule has 0 spiro atoms. The number of piperidine rings is 1. The molecule has 1 aromatic heterocycles. The van der Waals surface area contributed by atoms with Crippen molar-refractivity contribution in [3.8, 4) is 0 Å². The standard InChI is InChI=1S/C17H23ClN4/c1-13(14-11-19-21(2)12-14)20-15-7-9-22(10-8-15)17-6-4-3-5-16(17)18/h3-6,11-13,15,20H,7-10H2,1-2H3/t13-/m1/s1. The number of hydrogen-bond donors (Lipinski definition) is 1. The number of hydrogen-bond acceptors (Lipinski definition) is 3. The molecule has 0 radical (unpaired) electrons. The third kappa shape index (κ3) is 3.45. The van der Waals surface area contributed by atoms with Crippen LogP contribution in [0, 0.1) is 0 Å². The number of para-hydroxylation sites is 1. The lowest BCUT2D eigenvalue weighted by molar-refractivity contribution is 0.381. The monoisotopic (exact) mass is 318 g/mol. The maximum absolute atomic E-state index is 6.29. The predicted octanol–water partition coefficient (Wildman–Crippen LogP) is 3.39. The Kier molecular flexibility index (Phi) is 4.69. The fraction of sp³-hybridized carbons (Fsp3) is 0.471. The van der Waals surface area contributed by atoms with Crippen molar-refractivity contribution < 1.29 is 0 Å². The normalized spacial score (nSPS) is 17.7. The molecule has 0 amide bonds. The molecule has 2 aromatic rings. The number of aromatic nitrogens is 2. The molecule has 3 rings (SSSR count). The third-order valence-corrected chi connectivity index (χ3v) is 4.72. The van der Waals surface area contributed by atoms with Crippen LogP contribution in [-0.2, 0) is 7.05 Å². The Morgan fingerprint density at radius 2 is 2.00 bits per heavy atom. The summed E-state index contributed by atoms with van der Waals surface area (Å²) < 4.78 is 1.85. The SMILES string of the molecule is C[C@@H](NC1CCN(c2ccccc2Cl)CC1)c1cnn(C)c1. The number of aryl methyl sites for hydroxylation is 1. The van der Waals surface area contributed by atoms with E-state index in [1.807, 2.05) is 30.1 Å². The molecule has 1 saturated heterocycles. The molecule has 1 fully saturated rings. The molecular formula is C17H23ClN4. The van der Waals surface area contributed by atoms with E-state index in [1.165, 1.54) is 5.56 Å². The Morgan fingerprint density at radius 3 is 2.64 bits per heavy atom. The Morgan fingerprint density at radius 1 is 1.27 bits per heavy atom. The van der Waals surface area contributed by atoms with Crippen LogP contribution in [0.2, 0.25) is 5.02 Å². The van der Waals surface area contributed by atoms with Crippen molar-refractivity contribution in [2.24, 2.45) is 7.05 Å². The second kappa shape index (κ2) is 6.71. The molecule has 0 unspecified atom stereocenters. The van der Waals surface area contributed by atoms with Crippen LogP contribution >= 0.6 is 11.6 Å². The average Bonchev–Trinajstić information content (AvgIpc) is 2.95. The molecule has 22 heavy (non-hydrogen) atoms. The molecule has 1 aromatic carbocycles. The second-order valence-electron chi connectivity index (χ2n) is 6.05. The molecule has 1 N–H and O–H groups in total. The van der Waals surface area contributed by atoms with Gasteiger partial charge < -0.3 is 10.2 Å².